The summed E-state index contributed by atoms with van der Waals surface area (Å²) in [6, 6.07) is 4.64. The van der Waals surface area contributed by atoms with Crippen LogP contribution in [0.15, 0.2) is 23.1 Å². The number of carboxylic acids is 1. The lowest BCUT2D eigenvalue weighted by atomic mass is 10.1. The Hall–Kier alpha value is -2.06. The van der Waals surface area contributed by atoms with Crippen molar-refractivity contribution in [3.05, 3.63) is 28.7 Å². The summed E-state index contributed by atoms with van der Waals surface area (Å²) >= 11 is 6.46. The fourth-order valence-electron chi connectivity index (χ4n) is 3.83. The van der Waals surface area contributed by atoms with Crippen molar-refractivity contribution in [2.75, 3.05) is 6.61 Å². The first-order chi connectivity index (χ1) is 16.3. The van der Waals surface area contributed by atoms with Gasteiger partial charge in [0.15, 0.2) is 11.5 Å². The van der Waals surface area contributed by atoms with E-state index in [1.807, 2.05) is 32.0 Å². The topological polar surface area (TPSA) is 76.1 Å². The summed E-state index contributed by atoms with van der Waals surface area (Å²) in [4.78, 5) is 26.3. The lowest BCUT2D eigenvalue weighted by molar-refractivity contribution is -0.145. The number of unbranched alkanes of at least 4 members (excludes halogenated alkanes) is 4. The van der Waals surface area contributed by atoms with Gasteiger partial charge in [-0.05, 0) is 56.9 Å². The van der Waals surface area contributed by atoms with Gasteiger partial charge in [-0.15, -0.1) is 0 Å². The molecule has 0 aromatic heterocycles. The molecule has 0 saturated carbocycles. The fraction of sp³-hybridized carbons (Fsp3) is 0.577. The van der Waals surface area contributed by atoms with Crippen LogP contribution < -0.4 is 9.47 Å². The van der Waals surface area contributed by atoms with Gasteiger partial charge in [0.2, 0.25) is 0 Å². The summed E-state index contributed by atoms with van der Waals surface area (Å²) in [5.74, 6) is -0.106. The van der Waals surface area contributed by atoms with Crippen LogP contribution in [0.5, 0.6) is 11.5 Å². The summed E-state index contributed by atoms with van der Waals surface area (Å²) in [6.45, 7) is 8.58. The highest BCUT2D eigenvalue weighted by molar-refractivity contribution is 8.26. The molecule has 1 N–H and O–H groups in total. The number of rotatable bonds is 15. The summed E-state index contributed by atoms with van der Waals surface area (Å²) in [7, 11) is 0. The van der Waals surface area contributed by atoms with E-state index in [2.05, 4.69) is 13.8 Å². The Morgan fingerprint density at radius 1 is 1.12 bits per heavy atom. The van der Waals surface area contributed by atoms with Crippen molar-refractivity contribution in [1.29, 1.82) is 0 Å². The predicted octanol–water partition coefficient (Wildman–Crippen LogP) is 6.67. The molecule has 6 nitrogen and oxygen atoms in total. The standard InChI is InChI=1S/C26H37NO5S2/c1-5-8-9-10-11-13-18(4)32-21-15-14-19(16-22(21)31-7-3)17-23-24(28)27(26(33)34-23)20(12-6-2)25(29)30/h14-18,20H,5-13H2,1-4H3,(H,29,30)/b23-17+/t18-,20-/m1/s1. The van der Waals surface area contributed by atoms with Gasteiger partial charge in [0.1, 0.15) is 10.4 Å². The summed E-state index contributed by atoms with van der Waals surface area (Å²) < 4.78 is 12.2. The molecule has 2 rings (SSSR count). The van der Waals surface area contributed by atoms with Gasteiger partial charge < -0.3 is 14.6 Å². The Morgan fingerprint density at radius 2 is 1.85 bits per heavy atom. The molecule has 2 atom stereocenters. The van der Waals surface area contributed by atoms with Gasteiger partial charge >= 0.3 is 5.97 Å². The summed E-state index contributed by atoms with van der Waals surface area (Å²) in [6.07, 6.45) is 9.93. The smallest absolute Gasteiger partial charge is 0.326 e. The van der Waals surface area contributed by atoms with E-state index in [0.717, 1.165) is 30.2 Å². The number of thioether (sulfide) groups is 1. The monoisotopic (exact) mass is 507 g/mol. The number of benzene rings is 1. The minimum Gasteiger partial charge on any atom is -0.490 e. The molecule has 34 heavy (non-hydrogen) atoms. The van der Waals surface area contributed by atoms with Crippen LogP contribution in [0.1, 0.15) is 84.6 Å². The second-order valence-electron chi connectivity index (χ2n) is 8.46. The van der Waals surface area contributed by atoms with Crippen molar-refractivity contribution in [3.63, 3.8) is 0 Å². The van der Waals surface area contributed by atoms with Crippen molar-refractivity contribution in [2.24, 2.45) is 0 Å². The fourth-order valence-corrected chi connectivity index (χ4v) is 5.18. The van der Waals surface area contributed by atoms with E-state index in [-0.39, 0.29) is 16.3 Å². The SMILES string of the molecule is CCCCCCC[C@@H](C)Oc1ccc(/C=C2/SC(=S)N([C@H](CCC)C(=O)O)C2=O)cc1OCC. The number of carbonyl (C=O) groups is 2. The molecule has 1 amide bonds. The molecule has 1 saturated heterocycles. The highest BCUT2D eigenvalue weighted by atomic mass is 32.2. The molecular weight excluding hydrogens is 470 g/mol. The van der Waals surface area contributed by atoms with Crippen LogP contribution in [0.4, 0.5) is 0 Å². The van der Waals surface area contributed by atoms with E-state index in [0.29, 0.717) is 35.9 Å². The summed E-state index contributed by atoms with van der Waals surface area (Å²) in [5.41, 5.74) is 0.769. The molecule has 1 aromatic rings. The number of amides is 1. The molecule has 8 heteroatoms. The van der Waals surface area contributed by atoms with E-state index in [9.17, 15) is 14.7 Å². The van der Waals surface area contributed by atoms with Crippen molar-refractivity contribution in [2.45, 2.75) is 91.2 Å². The number of carbonyl (C=O) groups excluding carboxylic acids is 1. The Labute approximate surface area is 213 Å². The van der Waals surface area contributed by atoms with Gasteiger partial charge in [0.05, 0.1) is 17.6 Å². The molecule has 0 radical (unpaired) electrons. The molecule has 1 heterocycles. The minimum absolute atomic E-state index is 0.0782. The lowest BCUT2D eigenvalue weighted by Gasteiger charge is -2.22. The number of hydrogen-bond donors (Lipinski definition) is 1. The maximum atomic E-state index is 13.0. The molecule has 1 aliphatic rings. The maximum absolute atomic E-state index is 13.0. The third-order valence-corrected chi connectivity index (χ3v) is 6.92. The number of thiocarbonyl (C=S) groups is 1. The molecule has 0 unspecified atom stereocenters. The molecule has 0 bridgehead atoms. The third kappa shape index (κ3) is 8.01. The number of nitrogens with zero attached hydrogens (tertiary/aromatic N) is 1. The van der Waals surface area contributed by atoms with Gasteiger partial charge in [-0.3, -0.25) is 9.69 Å². The Morgan fingerprint density at radius 3 is 2.50 bits per heavy atom. The molecule has 0 aliphatic carbocycles. The van der Waals surface area contributed by atoms with Crippen LogP contribution in [0.25, 0.3) is 6.08 Å². The molecule has 1 fully saturated rings. The van der Waals surface area contributed by atoms with Crippen LogP contribution in [-0.4, -0.2) is 45.0 Å². The first-order valence-electron chi connectivity index (χ1n) is 12.3. The van der Waals surface area contributed by atoms with Crippen molar-refractivity contribution in [3.8, 4) is 11.5 Å². The third-order valence-electron chi connectivity index (χ3n) is 5.59. The largest absolute Gasteiger partial charge is 0.490 e. The van der Waals surface area contributed by atoms with Crippen molar-refractivity contribution < 1.29 is 24.2 Å². The molecular formula is C26H37NO5S2. The molecule has 1 aromatic carbocycles. The van der Waals surface area contributed by atoms with Gasteiger partial charge in [0.25, 0.3) is 5.91 Å². The second kappa shape index (κ2) is 14.4. The number of hydrogen-bond acceptors (Lipinski definition) is 6. The Balaban J connectivity index is 2.14. The van der Waals surface area contributed by atoms with E-state index in [1.165, 1.54) is 30.6 Å². The van der Waals surface area contributed by atoms with Crippen molar-refractivity contribution >= 4 is 46.3 Å². The molecule has 1 aliphatic heterocycles. The predicted molar refractivity (Wildman–Crippen MR) is 142 cm³/mol. The quantitative estimate of drug-likeness (QED) is 0.161. The lowest BCUT2D eigenvalue weighted by Crippen LogP contribution is -2.43. The van der Waals surface area contributed by atoms with E-state index in [1.54, 1.807) is 6.08 Å². The van der Waals surface area contributed by atoms with Crippen LogP contribution in [0, 0.1) is 0 Å². The highest BCUT2D eigenvalue weighted by Crippen LogP contribution is 2.37. The van der Waals surface area contributed by atoms with Crippen LogP contribution in [-0.2, 0) is 9.59 Å². The molecule has 0 spiro atoms. The van der Waals surface area contributed by atoms with Crippen LogP contribution in [0.3, 0.4) is 0 Å². The van der Waals surface area contributed by atoms with E-state index >= 15 is 0 Å². The minimum atomic E-state index is -1.04. The number of ether oxygens (including phenoxy) is 2. The van der Waals surface area contributed by atoms with Gasteiger partial charge in [-0.25, -0.2) is 4.79 Å². The van der Waals surface area contributed by atoms with Crippen LogP contribution in [0.2, 0.25) is 0 Å². The van der Waals surface area contributed by atoms with E-state index < -0.39 is 12.0 Å². The zero-order valence-electron chi connectivity index (χ0n) is 20.7. The van der Waals surface area contributed by atoms with Gasteiger partial charge in [-0.2, -0.15) is 0 Å². The first kappa shape index (κ1) is 28.2. The van der Waals surface area contributed by atoms with Crippen LogP contribution >= 0.6 is 24.0 Å². The Kier molecular flexibility index (Phi) is 11.9. The zero-order valence-corrected chi connectivity index (χ0v) is 22.3. The first-order valence-corrected chi connectivity index (χ1v) is 13.5. The highest BCUT2D eigenvalue weighted by Gasteiger charge is 2.40. The molecule has 188 valence electrons. The average molecular weight is 508 g/mol. The summed E-state index contributed by atoms with van der Waals surface area (Å²) in [5, 5.41) is 9.55. The Bertz CT molecular complexity index is 886. The zero-order chi connectivity index (χ0) is 25.1. The number of carboxylic acid groups (broad SMARTS) is 1. The van der Waals surface area contributed by atoms with Gasteiger partial charge in [0, 0.05) is 0 Å². The average Bonchev–Trinajstić information content (AvgIpc) is 3.06. The van der Waals surface area contributed by atoms with Gasteiger partial charge in [-0.1, -0.05) is 76.0 Å². The number of aliphatic carboxylic acids is 1. The van der Waals surface area contributed by atoms with Crippen molar-refractivity contribution in [1.82, 2.24) is 4.90 Å². The normalized spacial score (nSPS) is 16.7. The van der Waals surface area contributed by atoms with E-state index in [4.69, 9.17) is 21.7 Å². The maximum Gasteiger partial charge on any atom is 0.326 e. The second-order valence-corrected chi connectivity index (χ2v) is 10.1.